The van der Waals surface area contributed by atoms with Crippen LogP contribution in [0.1, 0.15) is 53.4 Å². The lowest BCUT2D eigenvalue weighted by molar-refractivity contribution is -0.141. The van der Waals surface area contributed by atoms with Crippen molar-refractivity contribution in [2.45, 2.75) is 70.6 Å². The highest BCUT2D eigenvalue weighted by atomic mass is 28.4. The number of carbonyl (C=O) groups is 1. The van der Waals surface area contributed by atoms with Crippen LogP contribution in [0.5, 0.6) is 0 Å². The van der Waals surface area contributed by atoms with Crippen LogP contribution in [-0.4, -0.2) is 26.5 Å². The zero-order valence-electron chi connectivity index (χ0n) is 17.5. The van der Waals surface area contributed by atoms with E-state index < -0.39 is 8.32 Å². The lowest BCUT2D eigenvalue weighted by Crippen LogP contribution is -2.67. The molecule has 150 valence electrons. The van der Waals surface area contributed by atoms with Crippen LogP contribution in [0.25, 0.3) is 0 Å². The Morgan fingerprint density at radius 2 is 1.57 bits per heavy atom. The first kappa shape index (κ1) is 20.8. The Balaban J connectivity index is 1.90. The first-order chi connectivity index (χ1) is 13.3. The molecule has 0 aromatic heterocycles. The number of cyclic esters (lactones) is 1. The van der Waals surface area contributed by atoms with Crippen LogP contribution in [0.2, 0.25) is 5.04 Å². The lowest BCUT2D eigenvalue weighted by atomic mass is 10.1. The summed E-state index contributed by atoms with van der Waals surface area (Å²) in [5.41, 5.74) is 0. The molecule has 28 heavy (non-hydrogen) atoms. The van der Waals surface area contributed by atoms with Gasteiger partial charge < -0.3 is 9.16 Å². The monoisotopic (exact) mass is 396 g/mol. The molecule has 3 nitrogen and oxygen atoms in total. The van der Waals surface area contributed by atoms with Crippen molar-refractivity contribution in [1.29, 1.82) is 0 Å². The van der Waals surface area contributed by atoms with E-state index in [4.69, 9.17) is 9.16 Å². The largest absolute Gasteiger partial charge is 0.462 e. The predicted octanol–water partition coefficient (Wildman–Crippen LogP) is 4.44. The van der Waals surface area contributed by atoms with E-state index >= 15 is 0 Å². The Morgan fingerprint density at radius 1 is 1.04 bits per heavy atom. The molecule has 4 heteroatoms. The number of benzene rings is 2. The van der Waals surface area contributed by atoms with Gasteiger partial charge in [-0.15, -0.1) is 0 Å². The molecule has 1 aliphatic rings. The van der Waals surface area contributed by atoms with Crippen molar-refractivity contribution in [3.05, 3.63) is 60.7 Å². The summed E-state index contributed by atoms with van der Waals surface area (Å²) in [6.07, 6.45) is 3.29. The second kappa shape index (κ2) is 8.62. The maximum Gasteiger partial charge on any atom is 0.306 e. The molecule has 1 saturated heterocycles. The Kier molecular flexibility index (Phi) is 6.41. The second-order valence-corrected chi connectivity index (χ2v) is 13.1. The number of hydrogen-bond acceptors (Lipinski definition) is 3. The van der Waals surface area contributed by atoms with Gasteiger partial charge in [0.2, 0.25) is 0 Å². The first-order valence-electron chi connectivity index (χ1n) is 10.3. The number of ether oxygens (including phenoxy) is 1. The minimum Gasteiger partial charge on any atom is -0.462 e. The molecular weight excluding hydrogens is 364 g/mol. The van der Waals surface area contributed by atoms with E-state index in [2.05, 4.69) is 88.4 Å². The zero-order valence-corrected chi connectivity index (χ0v) is 18.5. The number of esters is 1. The molecule has 0 radical (unpaired) electrons. The summed E-state index contributed by atoms with van der Waals surface area (Å²) < 4.78 is 12.5. The maximum absolute atomic E-state index is 11.4. The average molecular weight is 397 g/mol. The van der Waals surface area contributed by atoms with Gasteiger partial charge in [0, 0.05) is 12.5 Å². The molecule has 0 aliphatic carbocycles. The molecule has 0 bridgehead atoms. The molecule has 2 aromatic carbocycles. The Morgan fingerprint density at radius 3 is 2.00 bits per heavy atom. The van der Waals surface area contributed by atoms with E-state index in [1.54, 1.807) is 0 Å². The molecule has 2 atom stereocenters. The van der Waals surface area contributed by atoms with Gasteiger partial charge in [-0.1, -0.05) is 81.4 Å². The summed E-state index contributed by atoms with van der Waals surface area (Å²) in [5, 5.41) is 2.57. The van der Waals surface area contributed by atoms with Crippen molar-refractivity contribution < 1.29 is 14.0 Å². The van der Waals surface area contributed by atoms with Crippen LogP contribution in [0.15, 0.2) is 60.7 Å². The van der Waals surface area contributed by atoms with Gasteiger partial charge in [0.15, 0.2) is 0 Å². The van der Waals surface area contributed by atoms with E-state index in [1.807, 2.05) is 0 Å². The number of hydrogen-bond donors (Lipinski definition) is 0. The molecule has 1 fully saturated rings. The molecule has 3 rings (SSSR count). The van der Waals surface area contributed by atoms with Crippen LogP contribution >= 0.6 is 0 Å². The average Bonchev–Trinajstić information content (AvgIpc) is 3.10. The highest BCUT2D eigenvalue weighted by Crippen LogP contribution is 2.38. The van der Waals surface area contributed by atoms with Gasteiger partial charge in [-0.25, -0.2) is 0 Å². The van der Waals surface area contributed by atoms with Crippen molar-refractivity contribution in [2.24, 2.45) is 0 Å². The molecule has 0 unspecified atom stereocenters. The summed E-state index contributed by atoms with van der Waals surface area (Å²) in [6, 6.07) is 21.4. The van der Waals surface area contributed by atoms with Crippen LogP contribution in [0.4, 0.5) is 0 Å². The van der Waals surface area contributed by atoms with Crippen LogP contribution in [0, 0.1) is 0 Å². The third kappa shape index (κ3) is 4.39. The smallest absolute Gasteiger partial charge is 0.306 e. The molecule has 1 heterocycles. The lowest BCUT2D eigenvalue weighted by Gasteiger charge is -2.44. The summed E-state index contributed by atoms with van der Waals surface area (Å²) in [4.78, 5) is 11.4. The SMILES string of the molecule is C[C@@H](CC[C@H]1CCC(=O)O1)O[Si](c1ccccc1)(c1ccccc1)C(C)(C)C. The molecule has 0 amide bonds. The standard InChI is InChI=1S/C24H32O3Si/c1-19(15-16-20-17-18-23(25)26-20)27-28(24(2,3)4,21-11-7-5-8-12-21)22-13-9-6-10-14-22/h5-14,19-20H,15-18H2,1-4H3/t19-,20-/m0/s1. The van der Waals surface area contributed by atoms with Gasteiger partial charge in [-0.05, 0) is 41.6 Å². The van der Waals surface area contributed by atoms with E-state index in [0.29, 0.717) is 6.42 Å². The minimum absolute atomic E-state index is 0.0240. The highest BCUT2D eigenvalue weighted by molar-refractivity contribution is 6.99. The van der Waals surface area contributed by atoms with Gasteiger partial charge in [0.1, 0.15) is 6.10 Å². The molecule has 0 saturated carbocycles. The van der Waals surface area contributed by atoms with E-state index in [9.17, 15) is 4.79 Å². The summed E-state index contributed by atoms with van der Waals surface area (Å²) in [7, 11) is -2.51. The summed E-state index contributed by atoms with van der Waals surface area (Å²) >= 11 is 0. The number of rotatable bonds is 7. The second-order valence-electron chi connectivity index (χ2n) is 8.82. The zero-order chi connectivity index (χ0) is 20.2. The van der Waals surface area contributed by atoms with Crippen molar-refractivity contribution >= 4 is 24.7 Å². The quantitative estimate of drug-likeness (QED) is 0.513. The number of carbonyl (C=O) groups excluding carboxylic acids is 1. The third-order valence-electron chi connectivity index (χ3n) is 5.66. The molecular formula is C24H32O3Si. The Bertz CT molecular complexity index is 728. The van der Waals surface area contributed by atoms with Gasteiger partial charge in [-0.3, -0.25) is 4.79 Å². The summed E-state index contributed by atoms with van der Waals surface area (Å²) in [5.74, 6) is -0.0643. The van der Waals surface area contributed by atoms with Crippen molar-refractivity contribution in [3.63, 3.8) is 0 Å². The van der Waals surface area contributed by atoms with E-state index in [-0.39, 0.29) is 23.2 Å². The Labute approximate surface area is 170 Å². The fraction of sp³-hybridized carbons (Fsp3) is 0.458. The van der Waals surface area contributed by atoms with Crippen molar-refractivity contribution in [1.82, 2.24) is 0 Å². The van der Waals surface area contributed by atoms with Gasteiger partial charge >= 0.3 is 5.97 Å². The summed E-state index contributed by atoms with van der Waals surface area (Å²) in [6.45, 7) is 9.05. The molecule has 2 aromatic rings. The molecule has 0 spiro atoms. The van der Waals surface area contributed by atoms with Crippen molar-refractivity contribution in [3.8, 4) is 0 Å². The van der Waals surface area contributed by atoms with Gasteiger partial charge in [0.25, 0.3) is 8.32 Å². The predicted molar refractivity (Wildman–Crippen MR) is 117 cm³/mol. The molecule has 0 N–H and O–H groups in total. The van der Waals surface area contributed by atoms with Crippen molar-refractivity contribution in [2.75, 3.05) is 0 Å². The Hall–Kier alpha value is -1.91. The van der Waals surface area contributed by atoms with E-state index in [0.717, 1.165) is 19.3 Å². The van der Waals surface area contributed by atoms with Gasteiger partial charge in [-0.2, -0.15) is 0 Å². The first-order valence-corrected chi connectivity index (χ1v) is 12.2. The normalized spacial score (nSPS) is 18.7. The van der Waals surface area contributed by atoms with Crippen LogP contribution in [-0.2, 0) is 14.0 Å². The maximum atomic E-state index is 11.4. The van der Waals surface area contributed by atoms with Gasteiger partial charge in [0.05, 0.1) is 0 Å². The topological polar surface area (TPSA) is 35.5 Å². The van der Waals surface area contributed by atoms with Crippen LogP contribution in [0.3, 0.4) is 0 Å². The van der Waals surface area contributed by atoms with E-state index in [1.165, 1.54) is 10.4 Å². The molecule has 1 aliphatic heterocycles. The fourth-order valence-corrected chi connectivity index (χ4v) is 8.99. The third-order valence-corrected chi connectivity index (χ3v) is 10.8. The fourth-order valence-electron chi connectivity index (χ4n) is 4.26. The van der Waals surface area contributed by atoms with Crippen LogP contribution < -0.4 is 10.4 Å². The highest BCUT2D eigenvalue weighted by Gasteiger charge is 2.50. The minimum atomic E-state index is -2.51.